The van der Waals surface area contributed by atoms with Crippen molar-refractivity contribution in [2.45, 2.75) is 52.4 Å². The molecule has 5 aromatic rings. The van der Waals surface area contributed by atoms with Crippen LogP contribution in [0.25, 0.3) is 21.3 Å². The second-order valence-corrected chi connectivity index (χ2v) is 14.1. The molecule has 0 spiro atoms. The zero-order valence-corrected chi connectivity index (χ0v) is 31.1. The van der Waals surface area contributed by atoms with Crippen molar-refractivity contribution in [1.29, 1.82) is 5.26 Å². The van der Waals surface area contributed by atoms with Crippen LogP contribution in [-0.2, 0) is 24.4 Å². The van der Waals surface area contributed by atoms with Gasteiger partial charge in [-0.25, -0.2) is 14.8 Å². The van der Waals surface area contributed by atoms with Gasteiger partial charge in [-0.1, -0.05) is 49.2 Å². The number of rotatable bonds is 16. The van der Waals surface area contributed by atoms with E-state index in [2.05, 4.69) is 44.9 Å². The highest BCUT2D eigenvalue weighted by molar-refractivity contribution is 7.19. The summed E-state index contributed by atoms with van der Waals surface area (Å²) in [4.78, 5) is 27.1. The average Bonchev–Trinajstić information content (AvgIpc) is 3.77. The number of para-hydroxylation sites is 1. The molecule has 0 bridgehead atoms. The highest BCUT2D eigenvalue weighted by Gasteiger charge is 2.28. The number of hydrogen-bond acceptors (Lipinski definition) is 11. The lowest BCUT2D eigenvalue weighted by Gasteiger charge is -2.32. The number of aromatic nitrogens is 4. The normalized spacial score (nSPS) is 14.3. The van der Waals surface area contributed by atoms with Gasteiger partial charge < -0.3 is 24.2 Å². The number of likely N-dealkylation sites (N-methyl/N-ethyl adjacent to an activating group) is 1. The van der Waals surface area contributed by atoms with E-state index in [9.17, 15) is 15.2 Å². The number of benzene rings is 2. The fraction of sp³-hybridized carbons (Fsp3) is 0.395. The number of piperazine rings is 1. The number of fused-ring (bicyclic) bond motifs is 1. The molecule has 4 heterocycles. The van der Waals surface area contributed by atoms with Crippen molar-refractivity contribution in [2.24, 2.45) is 0 Å². The topological polar surface area (TPSA) is 139 Å². The summed E-state index contributed by atoms with van der Waals surface area (Å²) in [5.74, 6) is -0.00670. The first-order valence-corrected chi connectivity index (χ1v) is 18.6. The molecule has 1 aliphatic rings. The molecule has 1 aliphatic heterocycles. The predicted octanol–water partition coefficient (Wildman–Crippen LogP) is 6.47. The van der Waals surface area contributed by atoms with E-state index in [1.807, 2.05) is 48.0 Å². The number of unbranched alkanes of at least 4 members (excludes halogenated alkanes) is 1. The Kier molecular flexibility index (Phi) is 12.2. The third-order valence-electron chi connectivity index (χ3n) is 9.25. The summed E-state index contributed by atoms with van der Waals surface area (Å²) < 4.78 is 20.4. The van der Waals surface area contributed by atoms with Crippen LogP contribution in [0.5, 0.6) is 17.4 Å². The fourth-order valence-corrected chi connectivity index (χ4v) is 7.36. The van der Waals surface area contributed by atoms with Gasteiger partial charge in [0.25, 0.3) is 0 Å². The summed E-state index contributed by atoms with van der Waals surface area (Å²) in [5.41, 5.74) is 3.52. The number of ether oxygens (including phenoxy) is 3. The summed E-state index contributed by atoms with van der Waals surface area (Å²) in [5, 5.41) is 25.9. The van der Waals surface area contributed by atoms with Crippen LogP contribution in [0.2, 0.25) is 5.02 Å². The Labute approximate surface area is 312 Å². The number of carboxylic acid groups (broad SMARTS) is 1. The second kappa shape index (κ2) is 17.2. The maximum absolute atomic E-state index is 12.7. The Morgan fingerprint density at radius 1 is 1.08 bits per heavy atom. The summed E-state index contributed by atoms with van der Waals surface area (Å²) in [7, 11) is 2.13. The number of nitrogens with zero attached hydrogens (tertiary/aromatic N) is 7. The highest BCUT2D eigenvalue weighted by atomic mass is 35.5. The van der Waals surface area contributed by atoms with Crippen LogP contribution in [0.1, 0.15) is 41.5 Å². The highest BCUT2D eigenvalue weighted by Crippen LogP contribution is 2.45. The molecule has 0 saturated carbocycles. The van der Waals surface area contributed by atoms with E-state index < -0.39 is 12.1 Å². The van der Waals surface area contributed by atoms with E-state index in [0.29, 0.717) is 60.5 Å². The largest absolute Gasteiger partial charge is 0.491 e. The Morgan fingerprint density at radius 2 is 1.88 bits per heavy atom. The molecule has 6 rings (SSSR count). The van der Waals surface area contributed by atoms with Gasteiger partial charge in [0, 0.05) is 57.4 Å². The van der Waals surface area contributed by atoms with Crippen LogP contribution >= 0.6 is 22.9 Å². The summed E-state index contributed by atoms with van der Waals surface area (Å²) in [6.45, 7) is 10.4. The first-order valence-electron chi connectivity index (χ1n) is 17.4. The van der Waals surface area contributed by atoms with E-state index in [-0.39, 0.29) is 18.9 Å². The van der Waals surface area contributed by atoms with Crippen molar-refractivity contribution in [3.63, 3.8) is 0 Å². The van der Waals surface area contributed by atoms with Gasteiger partial charge in [-0.05, 0) is 55.3 Å². The molecule has 1 atom stereocenters. The van der Waals surface area contributed by atoms with Crippen molar-refractivity contribution in [2.75, 3.05) is 46.4 Å². The van der Waals surface area contributed by atoms with Crippen LogP contribution < -0.4 is 14.2 Å². The number of halogens is 1. The number of carbonyl (C=O) groups is 1. The molecular formula is C38H42ClN7O5S. The van der Waals surface area contributed by atoms with Gasteiger partial charge in [0.05, 0.1) is 16.1 Å². The molecule has 0 amide bonds. The van der Waals surface area contributed by atoms with E-state index in [0.717, 1.165) is 57.8 Å². The maximum Gasteiger partial charge on any atom is 0.345 e. The predicted molar refractivity (Wildman–Crippen MR) is 200 cm³/mol. The molecule has 0 radical (unpaired) electrons. The summed E-state index contributed by atoms with van der Waals surface area (Å²) in [6.07, 6.45) is 3.80. The fourth-order valence-electron chi connectivity index (χ4n) is 6.20. The molecular weight excluding hydrogens is 702 g/mol. The van der Waals surface area contributed by atoms with Crippen LogP contribution in [0.15, 0.2) is 55.0 Å². The van der Waals surface area contributed by atoms with Crippen LogP contribution in [0, 0.1) is 18.3 Å². The van der Waals surface area contributed by atoms with Crippen molar-refractivity contribution >= 4 is 39.1 Å². The Hall–Kier alpha value is -4.74. The number of carboxylic acids is 1. The van der Waals surface area contributed by atoms with E-state index in [4.69, 9.17) is 25.8 Å². The van der Waals surface area contributed by atoms with E-state index in [1.54, 1.807) is 12.3 Å². The monoisotopic (exact) mass is 743 g/mol. The quantitative estimate of drug-likeness (QED) is 0.119. The number of nitriles is 1. The molecule has 2 aromatic carbocycles. The third-order valence-corrected chi connectivity index (χ3v) is 10.7. The minimum Gasteiger partial charge on any atom is -0.491 e. The molecule has 3 aromatic heterocycles. The number of aliphatic carboxylic acids is 1. The third kappa shape index (κ3) is 8.48. The first kappa shape index (κ1) is 37.0. The van der Waals surface area contributed by atoms with E-state index in [1.165, 1.54) is 17.7 Å². The number of aryl methyl sites for hydroxylation is 1. The first-order chi connectivity index (χ1) is 25.3. The van der Waals surface area contributed by atoms with Crippen molar-refractivity contribution in [3.8, 4) is 34.6 Å². The van der Waals surface area contributed by atoms with Gasteiger partial charge in [0.15, 0.2) is 0 Å². The maximum atomic E-state index is 12.7. The smallest absolute Gasteiger partial charge is 0.345 e. The van der Waals surface area contributed by atoms with Gasteiger partial charge in [-0.2, -0.15) is 10.4 Å². The SMILES string of the molecule is CCCCn1nccc1COc1ccccc1C[C@@H](Oc1ncnc2sc(C#N)c(-c3ccc(OCCN4CCN(C)CC4)c(Cl)c3C)c12)C(=O)O. The summed E-state index contributed by atoms with van der Waals surface area (Å²) >= 11 is 8.07. The number of hydrogen-bond donors (Lipinski definition) is 1. The minimum absolute atomic E-state index is 0.00168. The standard InChI is InChI=1S/C38H42ClN7O5S/c1-4-5-14-46-27(12-13-43-46)23-50-29-9-7-6-8-26(29)21-31(38(47)48)51-36-34-33(32(22-40)52-37(34)42-24-41-36)28-10-11-30(35(39)25(28)2)49-20-19-45-17-15-44(3)16-18-45/h6-13,24,31H,4-5,14-21,23H2,1-3H3,(H,47,48)/t31-/m1/s1. The Balaban J connectivity index is 1.24. The molecule has 1 fully saturated rings. The summed E-state index contributed by atoms with van der Waals surface area (Å²) in [6, 6.07) is 15.2. The minimum atomic E-state index is -1.32. The molecule has 0 aliphatic carbocycles. The Bertz CT molecular complexity index is 2050. The molecule has 52 heavy (non-hydrogen) atoms. The van der Waals surface area contributed by atoms with Gasteiger partial charge >= 0.3 is 5.97 Å². The van der Waals surface area contributed by atoms with E-state index >= 15 is 0 Å². The second-order valence-electron chi connectivity index (χ2n) is 12.8. The average molecular weight is 744 g/mol. The molecule has 14 heteroatoms. The lowest BCUT2D eigenvalue weighted by molar-refractivity contribution is -0.145. The van der Waals surface area contributed by atoms with Crippen LogP contribution in [-0.4, -0.2) is 93.1 Å². The lowest BCUT2D eigenvalue weighted by atomic mass is 9.98. The molecule has 1 saturated heterocycles. The number of thiophene rings is 1. The molecule has 1 N–H and O–H groups in total. The van der Waals surface area contributed by atoms with Gasteiger partial charge in [0.2, 0.25) is 12.0 Å². The van der Waals surface area contributed by atoms with Crippen molar-refractivity contribution < 1.29 is 24.1 Å². The molecule has 12 nitrogen and oxygen atoms in total. The van der Waals surface area contributed by atoms with Gasteiger partial charge in [0.1, 0.15) is 46.8 Å². The van der Waals surface area contributed by atoms with Crippen LogP contribution in [0.3, 0.4) is 0 Å². The van der Waals surface area contributed by atoms with Crippen LogP contribution in [0.4, 0.5) is 0 Å². The van der Waals surface area contributed by atoms with Gasteiger partial charge in [-0.3, -0.25) is 9.58 Å². The zero-order valence-electron chi connectivity index (χ0n) is 29.5. The lowest BCUT2D eigenvalue weighted by Crippen LogP contribution is -2.45. The Morgan fingerprint density at radius 3 is 2.65 bits per heavy atom. The zero-order chi connectivity index (χ0) is 36.6. The van der Waals surface area contributed by atoms with Crippen molar-refractivity contribution in [1.82, 2.24) is 29.5 Å². The van der Waals surface area contributed by atoms with Gasteiger partial charge in [-0.15, -0.1) is 11.3 Å². The molecule has 272 valence electrons. The van der Waals surface area contributed by atoms with Crippen molar-refractivity contribution in [3.05, 3.63) is 81.7 Å². The molecule has 0 unspecified atom stereocenters.